The zero-order valence-electron chi connectivity index (χ0n) is 9.10. The van der Waals surface area contributed by atoms with Gasteiger partial charge in [0.15, 0.2) is 0 Å². The molecule has 3 rings (SSSR count). The van der Waals surface area contributed by atoms with Crippen LogP contribution in [0.4, 0.5) is 0 Å². The Labute approximate surface area is 102 Å². The molecule has 0 amide bonds. The molecule has 0 heterocycles. The highest BCUT2D eigenvalue weighted by Crippen LogP contribution is 2.41. The molecule has 2 aromatic rings. The maximum atomic E-state index is 11.2. The van der Waals surface area contributed by atoms with Gasteiger partial charge in [0.1, 0.15) is 0 Å². The van der Waals surface area contributed by atoms with Gasteiger partial charge < -0.3 is 19.8 Å². The zero-order valence-corrected chi connectivity index (χ0v) is 9.10. The standard InChI is InChI=1S/C14H8O4/c15-13(16)11-8-5-1-3-7-4-2-6-9(10(7)8)12(11)14(17)18/h1-6H,(H,15,16)(H,17,18)/p-2. The summed E-state index contributed by atoms with van der Waals surface area (Å²) in [6.45, 7) is 0. The normalized spacial score (nSPS) is 13.1. The Hall–Kier alpha value is -2.62. The Kier molecular flexibility index (Phi) is 2.01. The number of hydrogen-bond acceptors (Lipinski definition) is 4. The average molecular weight is 238 g/mol. The third kappa shape index (κ3) is 1.20. The quantitative estimate of drug-likeness (QED) is 0.710. The predicted molar refractivity (Wildman–Crippen MR) is 60.8 cm³/mol. The van der Waals surface area contributed by atoms with Crippen molar-refractivity contribution in [3.05, 3.63) is 47.5 Å². The molecule has 1 aliphatic rings. The third-order valence-corrected chi connectivity index (χ3v) is 3.10. The lowest BCUT2D eigenvalue weighted by atomic mass is 10.0. The van der Waals surface area contributed by atoms with Gasteiger partial charge in [-0.05, 0) is 21.9 Å². The van der Waals surface area contributed by atoms with Gasteiger partial charge in [-0.15, -0.1) is 0 Å². The first-order chi connectivity index (χ1) is 8.61. The lowest BCUT2D eigenvalue weighted by Crippen LogP contribution is -2.28. The Morgan fingerprint density at radius 1 is 0.778 bits per heavy atom. The maximum Gasteiger partial charge on any atom is 0.0728 e. The molecule has 0 N–H and O–H groups in total. The first-order valence-electron chi connectivity index (χ1n) is 5.30. The summed E-state index contributed by atoms with van der Waals surface area (Å²) in [6.07, 6.45) is 0. The summed E-state index contributed by atoms with van der Waals surface area (Å²) >= 11 is 0. The number of carboxylic acids is 2. The molecule has 4 heteroatoms. The number of hydrogen-bond donors (Lipinski definition) is 0. The molecule has 0 bridgehead atoms. The summed E-state index contributed by atoms with van der Waals surface area (Å²) in [5.41, 5.74) is 0.146. The van der Waals surface area contributed by atoms with Gasteiger partial charge in [-0.2, -0.15) is 0 Å². The van der Waals surface area contributed by atoms with Gasteiger partial charge in [-0.1, -0.05) is 36.4 Å². The minimum Gasteiger partial charge on any atom is -0.545 e. The predicted octanol–water partition coefficient (Wildman–Crippen LogP) is -0.436. The number of aliphatic carboxylic acids is 2. The highest BCUT2D eigenvalue weighted by Gasteiger charge is 2.24. The van der Waals surface area contributed by atoms with Crippen LogP contribution < -0.4 is 10.2 Å². The van der Waals surface area contributed by atoms with E-state index in [0.29, 0.717) is 16.5 Å². The zero-order chi connectivity index (χ0) is 12.9. The average Bonchev–Trinajstić information content (AvgIpc) is 2.67. The van der Waals surface area contributed by atoms with Crippen molar-refractivity contribution in [2.75, 3.05) is 0 Å². The molecule has 0 aliphatic heterocycles. The highest BCUT2D eigenvalue weighted by atomic mass is 16.4. The largest absolute Gasteiger partial charge is 0.545 e. The van der Waals surface area contributed by atoms with E-state index < -0.39 is 11.9 Å². The smallest absolute Gasteiger partial charge is 0.0728 e. The molecule has 0 unspecified atom stereocenters. The second-order valence-electron chi connectivity index (χ2n) is 4.03. The van der Waals surface area contributed by atoms with Crippen LogP contribution in [0, 0.1) is 0 Å². The molecule has 1 aliphatic carbocycles. The Morgan fingerprint density at radius 2 is 1.22 bits per heavy atom. The highest BCUT2D eigenvalue weighted by molar-refractivity contribution is 6.42. The van der Waals surface area contributed by atoms with Crippen molar-refractivity contribution in [2.45, 2.75) is 0 Å². The minimum absolute atomic E-state index is 0.304. The van der Waals surface area contributed by atoms with Gasteiger partial charge in [-0.3, -0.25) is 0 Å². The first kappa shape index (κ1) is 10.5. The first-order valence-corrected chi connectivity index (χ1v) is 5.30. The lowest BCUT2D eigenvalue weighted by Gasteiger charge is -2.10. The van der Waals surface area contributed by atoms with Gasteiger partial charge in [0.2, 0.25) is 0 Å². The molecule has 0 spiro atoms. The fourth-order valence-corrected chi connectivity index (χ4v) is 2.45. The summed E-state index contributed by atoms with van der Waals surface area (Å²) in [6, 6.07) is 10.1. The Balaban J connectivity index is 2.51. The van der Waals surface area contributed by atoms with E-state index in [4.69, 9.17) is 0 Å². The van der Waals surface area contributed by atoms with E-state index in [1.165, 1.54) is 0 Å². The molecular formula is C14H6O4-2. The second kappa shape index (κ2) is 3.43. The molecule has 2 aromatic carbocycles. The summed E-state index contributed by atoms with van der Waals surface area (Å²) in [4.78, 5) is 22.3. The van der Waals surface area contributed by atoms with Gasteiger partial charge in [0.05, 0.1) is 11.9 Å². The fourth-order valence-electron chi connectivity index (χ4n) is 2.45. The van der Waals surface area contributed by atoms with Crippen molar-refractivity contribution in [1.82, 2.24) is 0 Å². The third-order valence-electron chi connectivity index (χ3n) is 3.10. The van der Waals surface area contributed by atoms with Crippen LogP contribution in [0.1, 0.15) is 11.1 Å². The summed E-state index contributed by atoms with van der Waals surface area (Å²) in [5, 5.41) is 23.7. The van der Waals surface area contributed by atoms with Gasteiger partial charge in [-0.25, -0.2) is 0 Å². The monoisotopic (exact) mass is 238 g/mol. The molecule has 0 saturated heterocycles. The minimum atomic E-state index is -1.50. The molecule has 4 nitrogen and oxygen atoms in total. The van der Waals surface area contributed by atoms with Crippen molar-refractivity contribution in [3.8, 4) is 0 Å². The van der Waals surface area contributed by atoms with Crippen LogP contribution in [0.5, 0.6) is 0 Å². The molecular weight excluding hydrogens is 232 g/mol. The number of carboxylic acid groups (broad SMARTS) is 2. The van der Waals surface area contributed by atoms with Crippen molar-refractivity contribution in [3.63, 3.8) is 0 Å². The summed E-state index contributed by atoms with van der Waals surface area (Å²) in [5.74, 6) is -3.00. The molecule has 0 saturated carbocycles. The van der Waals surface area contributed by atoms with Crippen LogP contribution >= 0.6 is 0 Å². The topological polar surface area (TPSA) is 80.3 Å². The maximum absolute atomic E-state index is 11.2. The molecule has 0 atom stereocenters. The Bertz CT molecular complexity index is 682. The van der Waals surface area contributed by atoms with E-state index in [0.717, 1.165) is 5.39 Å². The van der Waals surface area contributed by atoms with E-state index in [-0.39, 0.29) is 11.1 Å². The van der Waals surface area contributed by atoms with Crippen molar-refractivity contribution in [1.29, 1.82) is 0 Å². The number of carbonyl (C=O) groups excluding carboxylic acids is 2. The van der Waals surface area contributed by atoms with Crippen molar-refractivity contribution in [2.24, 2.45) is 0 Å². The molecule has 88 valence electrons. The van der Waals surface area contributed by atoms with E-state index in [9.17, 15) is 19.8 Å². The van der Waals surface area contributed by atoms with Crippen molar-refractivity contribution >= 4 is 33.9 Å². The van der Waals surface area contributed by atoms with Crippen LogP contribution in [0.25, 0.3) is 21.9 Å². The second-order valence-corrected chi connectivity index (χ2v) is 4.03. The number of benzene rings is 2. The van der Waals surface area contributed by atoms with Gasteiger partial charge >= 0.3 is 0 Å². The molecule has 0 radical (unpaired) electrons. The lowest BCUT2D eigenvalue weighted by molar-refractivity contribution is -0.299. The number of carbonyl (C=O) groups is 2. The van der Waals surface area contributed by atoms with Crippen LogP contribution in [0.15, 0.2) is 36.4 Å². The van der Waals surface area contributed by atoms with Crippen LogP contribution in [0.3, 0.4) is 0 Å². The van der Waals surface area contributed by atoms with Crippen LogP contribution in [-0.4, -0.2) is 11.9 Å². The molecule has 0 fully saturated rings. The van der Waals surface area contributed by atoms with Crippen LogP contribution in [-0.2, 0) is 9.59 Å². The SMILES string of the molecule is O=C([O-])C1=C(C(=O)[O-])c2cccc3cccc1c23. The Morgan fingerprint density at radius 3 is 1.61 bits per heavy atom. The van der Waals surface area contributed by atoms with Gasteiger partial charge in [0, 0.05) is 11.1 Å². The summed E-state index contributed by atoms with van der Waals surface area (Å²) < 4.78 is 0. The fraction of sp³-hybridized carbons (Fsp3) is 0. The van der Waals surface area contributed by atoms with Gasteiger partial charge in [0.25, 0.3) is 0 Å². The molecule has 18 heavy (non-hydrogen) atoms. The van der Waals surface area contributed by atoms with E-state index in [1.807, 2.05) is 0 Å². The van der Waals surface area contributed by atoms with Crippen molar-refractivity contribution < 1.29 is 19.8 Å². The number of rotatable bonds is 2. The van der Waals surface area contributed by atoms with E-state index >= 15 is 0 Å². The van der Waals surface area contributed by atoms with Crippen LogP contribution in [0.2, 0.25) is 0 Å². The summed E-state index contributed by atoms with van der Waals surface area (Å²) in [7, 11) is 0. The van der Waals surface area contributed by atoms with E-state index in [2.05, 4.69) is 0 Å². The molecule has 0 aromatic heterocycles. The van der Waals surface area contributed by atoms with E-state index in [1.54, 1.807) is 36.4 Å².